The zero-order valence-electron chi connectivity index (χ0n) is 10.7. The molecule has 1 aliphatic heterocycles. The Kier molecular flexibility index (Phi) is 3.77. The lowest BCUT2D eigenvalue weighted by molar-refractivity contribution is -0.117. The van der Waals surface area contributed by atoms with E-state index in [4.69, 9.17) is 16.2 Å². The third-order valence-electron chi connectivity index (χ3n) is 2.83. The van der Waals surface area contributed by atoms with Crippen molar-refractivity contribution in [1.29, 1.82) is 0 Å². The highest BCUT2D eigenvalue weighted by molar-refractivity contribution is 8.01. The molecule has 0 bridgehead atoms. The lowest BCUT2D eigenvalue weighted by atomic mass is 10.00. The topological polar surface area (TPSA) is 108 Å². The maximum Gasteiger partial charge on any atom is 0.338 e. The minimum Gasteiger partial charge on any atom is -0.462 e. The first-order valence-electron chi connectivity index (χ1n) is 5.86. The number of fused-ring (bicyclic) bond motifs is 1. The maximum atomic E-state index is 11.9. The predicted molar refractivity (Wildman–Crippen MR) is 70.7 cm³/mol. The quantitative estimate of drug-likeness (QED) is 0.782. The molecule has 0 saturated carbocycles. The molecule has 1 amide bonds. The second kappa shape index (κ2) is 5.18. The van der Waals surface area contributed by atoms with Crippen molar-refractivity contribution >= 4 is 23.6 Å². The molecule has 1 aliphatic rings. The summed E-state index contributed by atoms with van der Waals surface area (Å²) in [7, 11) is 0. The molecule has 2 unspecified atom stereocenters. The molecule has 2 rings (SSSR count). The summed E-state index contributed by atoms with van der Waals surface area (Å²) in [5, 5.41) is -0.0168. The van der Waals surface area contributed by atoms with Crippen molar-refractivity contribution in [1.82, 2.24) is 4.98 Å². The summed E-state index contributed by atoms with van der Waals surface area (Å²) < 4.78 is 5.00. The van der Waals surface area contributed by atoms with Gasteiger partial charge in [0, 0.05) is 11.3 Å². The van der Waals surface area contributed by atoms with Gasteiger partial charge in [-0.2, -0.15) is 0 Å². The van der Waals surface area contributed by atoms with Gasteiger partial charge in [0.2, 0.25) is 5.91 Å². The van der Waals surface area contributed by atoms with Crippen LogP contribution in [0.25, 0.3) is 0 Å². The van der Waals surface area contributed by atoms with Crippen LogP contribution in [-0.4, -0.2) is 28.7 Å². The predicted octanol–water partition coefficient (Wildman–Crippen LogP) is 0.526. The zero-order chi connectivity index (χ0) is 14.2. The van der Waals surface area contributed by atoms with Gasteiger partial charge in [-0.25, -0.2) is 9.78 Å². The monoisotopic (exact) mass is 281 g/mol. The van der Waals surface area contributed by atoms with Crippen molar-refractivity contribution in [2.45, 2.75) is 30.2 Å². The van der Waals surface area contributed by atoms with E-state index in [1.807, 2.05) is 0 Å². The molecular weight excluding hydrogens is 266 g/mol. The zero-order valence-corrected chi connectivity index (χ0v) is 11.5. The number of carbonyl (C=O) groups is 2. The number of amides is 1. The first kappa shape index (κ1) is 13.8. The second-order valence-electron chi connectivity index (χ2n) is 4.22. The van der Waals surface area contributed by atoms with Crippen LogP contribution >= 0.6 is 11.8 Å². The Morgan fingerprint density at radius 3 is 2.79 bits per heavy atom. The molecule has 1 aromatic rings. The fourth-order valence-electron chi connectivity index (χ4n) is 2.02. The Balaban J connectivity index is 2.49. The number of hydrogen-bond donors (Lipinski definition) is 2. The molecule has 0 radical (unpaired) electrons. The van der Waals surface area contributed by atoms with E-state index in [2.05, 4.69) is 4.98 Å². The standard InChI is InChI=1S/C12H15N3O3S/c1-3-18-12(17)6-4-5(2)15-11-7(6)8(13)9(19-11)10(14)16/h4,8-9H,3,13H2,1-2H3,(H2,14,16). The lowest BCUT2D eigenvalue weighted by Gasteiger charge is -2.13. The number of carbonyl (C=O) groups excluding carboxylic acids is 2. The lowest BCUT2D eigenvalue weighted by Crippen LogP contribution is -2.33. The number of esters is 1. The molecule has 2 heterocycles. The van der Waals surface area contributed by atoms with Crippen molar-refractivity contribution in [3.8, 4) is 0 Å². The van der Waals surface area contributed by atoms with Crippen molar-refractivity contribution < 1.29 is 14.3 Å². The number of thioether (sulfide) groups is 1. The molecule has 0 aliphatic carbocycles. The first-order chi connectivity index (χ1) is 8.95. The summed E-state index contributed by atoms with van der Waals surface area (Å²) >= 11 is 1.20. The molecule has 6 nitrogen and oxygen atoms in total. The fourth-order valence-corrected chi connectivity index (χ4v) is 3.23. The van der Waals surface area contributed by atoms with Crippen LogP contribution in [0.4, 0.5) is 0 Å². The Morgan fingerprint density at radius 1 is 1.53 bits per heavy atom. The first-order valence-corrected chi connectivity index (χ1v) is 6.73. The third kappa shape index (κ3) is 2.43. The van der Waals surface area contributed by atoms with Crippen LogP contribution in [0.2, 0.25) is 0 Å². The van der Waals surface area contributed by atoms with Crippen LogP contribution in [-0.2, 0) is 9.53 Å². The minimum absolute atomic E-state index is 0.274. The molecule has 0 fully saturated rings. The van der Waals surface area contributed by atoms with Gasteiger partial charge >= 0.3 is 5.97 Å². The molecule has 1 aromatic heterocycles. The van der Waals surface area contributed by atoms with Crippen molar-refractivity contribution in [3.63, 3.8) is 0 Å². The Labute approximate surface area is 114 Å². The molecule has 0 saturated heterocycles. The third-order valence-corrected chi connectivity index (χ3v) is 4.14. The largest absolute Gasteiger partial charge is 0.462 e. The maximum absolute atomic E-state index is 11.9. The SMILES string of the molecule is CCOC(=O)c1cc(C)nc2c1C(N)C(C(N)=O)S2. The summed E-state index contributed by atoms with van der Waals surface area (Å²) in [6.07, 6.45) is 0. The highest BCUT2D eigenvalue weighted by atomic mass is 32.2. The number of nitrogens with two attached hydrogens (primary N) is 2. The van der Waals surface area contributed by atoms with E-state index in [-0.39, 0.29) is 6.61 Å². The van der Waals surface area contributed by atoms with Crippen LogP contribution in [0.15, 0.2) is 11.1 Å². The molecule has 4 N–H and O–H groups in total. The van der Waals surface area contributed by atoms with E-state index >= 15 is 0 Å². The van der Waals surface area contributed by atoms with Crippen molar-refractivity contribution in [3.05, 3.63) is 22.9 Å². The number of aryl methyl sites for hydroxylation is 1. The van der Waals surface area contributed by atoms with Gasteiger partial charge in [0.05, 0.1) is 18.2 Å². The van der Waals surface area contributed by atoms with Gasteiger partial charge < -0.3 is 16.2 Å². The fraction of sp³-hybridized carbons (Fsp3) is 0.417. The smallest absolute Gasteiger partial charge is 0.338 e. The van der Waals surface area contributed by atoms with E-state index in [1.165, 1.54) is 11.8 Å². The molecule has 0 aromatic carbocycles. The van der Waals surface area contributed by atoms with Gasteiger partial charge in [0.25, 0.3) is 0 Å². The number of rotatable bonds is 3. The summed E-state index contributed by atoms with van der Waals surface area (Å²) in [5.74, 6) is -0.964. The van der Waals surface area contributed by atoms with Gasteiger partial charge in [-0.05, 0) is 19.9 Å². The number of ether oxygens (including phenoxy) is 1. The molecule has 0 spiro atoms. The van der Waals surface area contributed by atoms with Crippen LogP contribution in [0, 0.1) is 6.92 Å². The highest BCUT2D eigenvalue weighted by Crippen LogP contribution is 2.43. The minimum atomic E-state index is -0.634. The summed E-state index contributed by atoms with van der Waals surface area (Å²) in [5.41, 5.74) is 12.9. The van der Waals surface area contributed by atoms with Gasteiger partial charge in [0.15, 0.2) is 0 Å². The van der Waals surface area contributed by atoms with Crippen LogP contribution in [0.5, 0.6) is 0 Å². The number of nitrogens with zero attached hydrogens (tertiary/aromatic N) is 1. The van der Waals surface area contributed by atoms with Gasteiger partial charge in [-0.1, -0.05) is 11.8 Å². The second-order valence-corrected chi connectivity index (χ2v) is 5.35. The van der Waals surface area contributed by atoms with Crippen molar-refractivity contribution in [2.24, 2.45) is 11.5 Å². The summed E-state index contributed by atoms with van der Waals surface area (Å²) in [4.78, 5) is 27.6. The van der Waals surface area contributed by atoms with E-state index in [0.717, 1.165) is 0 Å². The van der Waals surface area contributed by atoms with Gasteiger partial charge in [0.1, 0.15) is 10.3 Å². The molecule has 19 heavy (non-hydrogen) atoms. The summed E-state index contributed by atoms with van der Waals surface area (Å²) in [6.45, 7) is 3.77. The van der Waals surface area contributed by atoms with E-state index in [0.29, 0.717) is 21.8 Å². The van der Waals surface area contributed by atoms with Crippen LogP contribution in [0.1, 0.15) is 34.6 Å². The Morgan fingerprint density at radius 2 is 2.21 bits per heavy atom. The summed E-state index contributed by atoms with van der Waals surface area (Å²) in [6, 6.07) is 0.991. The number of aromatic nitrogens is 1. The van der Waals surface area contributed by atoms with Crippen LogP contribution in [0.3, 0.4) is 0 Å². The molecule has 2 atom stereocenters. The van der Waals surface area contributed by atoms with Gasteiger partial charge in [-0.15, -0.1) is 0 Å². The average molecular weight is 281 g/mol. The Hall–Kier alpha value is -1.60. The number of pyridine rings is 1. The van der Waals surface area contributed by atoms with Gasteiger partial charge in [-0.3, -0.25) is 4.79 Å². The van der Waals surface area contributed by atoms with E-state index in [1.54, 1.807) is 19.9 Å². The normalized spacial score (nSPS) is 21.0. The molecule has 7 heteroatoms. The average Bonchev–Trinajstić information content (AvgIpc) is 2.66. The number of primary amides is 1. The Bertz CT molecular complexity index is 547. The highest BCUT2D eigenvalue weighted by Gasteiger charge is 2.39. The van der Waals surface area contributed by atoms with Crippen molar-refractivity contribution in [2.75, 3.05) is 6.61 Å². The van der Waals surface area contributed by atoms with E-state index in [9.17, 15) is 9.59 Å². The molecule has 102 valence electrons. The number of hydrogen-bond acceptors (Lipinski definition) is 6. The van der Waals surface area contributed by atoms with E-state index < -0.39 is 23.2 Å². The van der Waals surface area contributed by atoms with Crippen LogP contribution < -0.4 is 11.5 Å². The molecular formula is C12H15N3O3S.